The molecule has 4 N–H and O–H groups in total. The number of hydrogen-bond acceptors (Lipinski definition) is 4. The average Bonchev–Trinajstić information content (AvgIpc) is 2.76. The van der Waals surface area contributed by atoms with E-state index in [0.717, 1.165) is 0 Å². The van der Waals surface area contributed by atoms with Crippen molar-refractivity contribution in [2.45, 2.75) is 39.8 Å². The molecule has 0 aliphatic heterocycles. The highest BCUT2D eigenvalue weighted by atomic mass is 16.4. The minimum atomic E-state index is -0.949. The Balaban J connectivity index is 2.49. The van der Waals surface area contributed by atoms with E-state index in [4.69, 9.17) is 5.11 Å². The molecule has 1 atom stereocenters. The number of urea groups is 1. The van der Waals surface area contributed by atoms with Crippen molar-refractivity contribution in [2.24, 2.45) is 5.41 Å². The molecule has 0 bridgehead atoms. The molecule has 0 fully saturated rings. The van der Waals surface area contributed by atoms with Crippen LogP contribution in [0.15, 0.2) is 6.33 Å². The third-order valence-electron chi connectivity index (χ3n) is 2.61. The van der Waals surface area contributed by atoms with Crippen molar-refractivity contribution in [1.29, 1.82) is 0 Å². The number of aromatic amines is 1. The van der Waals surface area contributed by atoms with Crippen molar-refractivity contribution in [1.82, 2.24) is 25.8 Å². The van der Waals surface area contributed by atoms with E-state index in [1.807, 2.05) is 20.8 Å². The first-order chi connectivity index (χ1) is 8.79. The van der Waals surface area contributed by atoms with Gasteiger partial charge in [-0.3, -0.25) is 9.89 Å². The molecule has 1 unspecified atom stereocenters. The Kier molecular flexibility index (Phi) is 4.85. The molecular weight excluding hydrogens is 250 g/mol. The number of carbonyl (C=O) groups excluding carboxylic acids is 1. The van der Waals surface area contributed by atoms with Gasteiger partial charge >= 0.3 is 12.0 Å². The first-order valence-corrected chi connectivity index (χ1v) is 5.89. The van der Waals surface area contributed by atoms with Crippen molar-refractivity contribution in [3.05, 3.63) is 12.2 Å². The van der Waals surface area contributed by atoms with Crippen LogP contribution in [0.1, 0.15) is 33.0 Å². The van der Waals surface area contributed by atoms with Gasteiger partial charge in [0.1, 0.15) is 12.2 Å². The Bertz CT molecular complexity index is 424. The second-order valence-corrected chi connectivity index (χ2v) is 5.28. The lowest BCUT2D eigenvalue weighted by Gasteiger charge is -2.30. The maximum absolute atomic E-state index is 11.7. The summed E-state index contributed by atoms with van der Waals surface area (Å²) < 4.78 is 0. The smallest absolute Gasteiger partial charge is 0.315 e. The molecule has 1 aromatic rings. The standard InChI is InChI=1S/C11H19N5O3/c1-11(2,3)7(4-9(17)18)15-10(19)12-5-8-13-6-14-16-8/h6-7H,4-5H2,1-3H3,(H,17,18)(H2,12,15,19)(H,13,14,16). The van der Waals surface area contributed by atoms with Gasteiger partial charge < -0.3 is 15.7 Å². The third-order valence-corrected chi connectivity index (χ3v) is 2.61. The van der Waals surface area contributed by atoms with Crippen LogP contribution in [-0.2, 0) is 11.3 Å². The number of nitrogens with zero attached hydrogens (tertiary/aromatic N) is 2. The van der Waals surface area contributed by atoms with Crippen LogP contribution >= 0.6 is 0 Å². The molecule has 0 aromatic carbocycles. The molecule has 1 aromatic heterocycles. The van der Waals surface area contributed by atoms with Crippen LogP contribution in [0.5, 0.6) is 0 Å². The second-order valence-electron chi connectivity index (χ2n) is 5.28. The topological polar surface area (TPSA) is 120 Å². The quantitative estimate of drug-likeness (QED) is 0.620. The van der Waals surface area contributed by atoms with Crippen molar-refractivity contribution < 1.29 is 14.7 Å². The second kappa shape index (κ2) is 6.17. The van der Waals surface area contributed by atoms with E-state index >= 15 is 0 Å². The van der Waals surface area contributed by atoms with Crippen LogP contribution < -0.4 is 10.6 Å². The fraction of sp³-hybridized carbons (Fsp3) is 0.636. The summed E-state index contributed by atoms with van der Waals surface area (Å²) in [5, 5.41) is 20.4. The van der Waals surface area contributed by atoms with Gasteiger partial charge in [-0.15, -0.1) is 0 Å². The van der Waals surface area contributed by atoms with Crippen molar-refractivity contribution in [3.63, 3.8) is 0 Å². The Morgan fingerprint density at radius 3 is 2.63 bits per heavy atom. The number of carboxylic acids is 1. The van der Waals surface area contributed by atoms with Crippen molar-refractivity contribution >= 4 is 12.0 Å². The lowest BCUT2D eigenvalue weighted by Crippen LogP contribution is -2.48. The fourth-order valence-electron chi connectivity index (χ4n) is 1.44. The number of amides is 2. The normalized spacial score (nSPS) is 12.8. The summed E-state index contributed by atoms with van der Waals surface area (Å²) in [5.74, 6) is -0.420. The summed E-state index contributed by atoms with van der Waals surface area (Å²) >= 11 is 0. The van der Waals surface area contributed by atoms with Crippen LogP contribution in [0.3, 0.4) is 0 Å². The molecule has 1 rings (SSSR count). The predicted molar refractivity (Wildman–Crippen MR) is 67.2 cm³/mol. The molecule has 8 nitrogen and oxygen atoms in total. The van der Waals surface area contributed by atoms with E-state index in [9.17, 15) is 9.59 Å². The number of aliphatic carboxylic acids is 1. The number of aromatic nitrogens is 3. The van der Waals surface area contributed by atoms with Gasteiger partial charge in [0, 0.05) is 6.04 Å². The molecule has 8 heteroatoms. The number of hydrogen-bond donors (Lipinski definition) is 4. The van der Waals surface area contributed by atoms with Crippen LogP contribution in [0, 0.1) is 5.41 Å². The number of rotatable bonds is 5. The lowest BCUT2D eigenvalue weighted by atomic mass is 9.85. The lowest BCUT2D eigenvalue weighted by molar-refractivity contribution is -0.138. The summed E-state index contributed by atoms with van der Waals surface area (Å²) in [7, 11) is 0. The molecule has 106 valence electrons. The fourth-order valence-corrected chi connectivity index (χ4v) is 1.44. The SMILES string of the molecule is CC(C)(C)C(CC(=O)O)NC(=O)NCc1ncn[nH]1. The zero-order chi connectivity index (χ0) is 14.5. The first-order valence-electron chi connectivity index (χ1n) is 5.89. The van der Waals surface area contributed by atoms with Gasteiger partial charge in [-0.2, -0.15) is 5.10 Å². The van der Waals surface area contributed by atoms with Gasteiger partial charge in [0.25, 0.3) is 0 Å². The largest absolute Gasteiger partial charge is 0.481 e. The van der Waals surface area contributed by atoms with Gasteiger partial charge in [-0.1, -0.05) is 20.8 Å². The zero-order valence-corrected chi connectivity index (χ0v) is 11.2. The summed E-state index contributed by atoms with van der Waals surface area (Å²) in [6, 6.07) is -0.891. The summed E-state index contributed by atoms with van der Waals surface area (Å²) in [4.78, 5) is 26.3. The van der Waals surface area contributed by atoms with E-state index in [1.165, 1.54) is 6.33 Å². The Morgan fingerprint density at radius 2 is 2.16 bits per heavy atom. The van der Waals surface area contributed by atoms with Gasteiger partial charge in [-0.25, -0.2) is 9.78 Å². The molecule has 0 saturated heterocycles. The Hall–Kier alpha value is -2.12. The molecular formula is C11H19N5O3. The van der Waals surface area contributed by atoms with Crippen LogP contribution in [0.25, 0.3) is 0 Å². The number of nitrogens with one attached hydrogen (secondary N) is 3. The molecule has 1 heterocycles. The highest BCUT2D eigenvalue weighted by Gasteiger charge is 2.28. The van der Waals surface area contributed by atoms with E-state index < -0.39 is 18.0 Å². The first kappa shape index (κ1) is 14.9. The molecule has 0 aliphatic rings. The maximum atomic E-state index is 11.7. The average molecular weight is 269 g/mol. The number of carbonyl (C=O) groups is 2. The Morgan fingerprint density at radius 1 is 1.47 bits per heavy atom. The Labute approximate surface area is 111 Å². The van der Waals surface area contributed by atoms with Gasteiger partial charge in [-0.05, 0) is 5.41 Å². The molecule has 0 radical (unpaired) electrons. The monoisotopic (exact) mass is 269 g/mol. The van der Waals surface area contributed by atoms with E-state index in [2.05, 4.69) is 25.8 Å². The molecule has 19 heavy (non-hydrogen) atoms. The number of H-pyrrole nitrogens is 1. The maximum Gasteiger partial charge on any atom is 0.315 e. The highest BCUT2D eigenvalue weighted by Crippen LogP contribution is 2.21. The molecule has 0 aliphatic carbocycles. The highest BCUT2D eigenvalue weighted by molar-refractivity contribution is 5.75. The van der Waals surface area contributed by atoms with Crippen molar-refractivity contribution in [3.8, 4) is 0 Å². The van der Waals surface area contributed by atoms with Crippen molar-refractivity contribution in [2.75, 3.05) is 0 Å². The third kappa shape index (κ3) is 5.36. The zero-order valence-electron chi connectivity index (χ0n) is 11.2. The number of carboxylic acid groups (broad SMARTS) is 1. The van der Waals surface area contributed by atoms with Crippen LogP contribution in [0.4, 0.5) is 4.79 Å². The van der Waals surface area contributed by atoms with E-state index in [-0.39, 0.29) is 18.4 Å². The van der Waals surface area contributed by atoms with Gasteiger partial charge in [0.15, 0.2) is 0 Å². The summed E-state index contributed by atoms with van der Waals surface area (Å²) in [6.07, 6.45) is 1.22. The van der Waals surface area contributed by atoms with Crippen LogP contribution in [0.2, 0.25) is 0 Å². The molecule has 2 amide bonds. The minimum Gasteiger partial charge on any atom is -0.481 e. The molecule has 0 saturated carbocycles. The van der Waals surface area contributed by atoms with Gasteiger partial charge in [0.2, 0.25) is 0 Å². The van der Waals surface area contributed by atoms with E-state index in [0.29, 0.717) is 5.82 Å². The summed E-state index contributed by atoms with van der Waals surface area (Å²) in [6.45, 7) is 5.82. The molecule has 0 spiro atoms. The van der Waals surface area contributed by atoms with E-state index in [1.54, 1.807) is 0 Å². The summed E-state index contributed by atoms with van der Waals surface area (Å²) in [5.41, 5.74) is -0.345. The van der Waals surface area contributed by atoms with Gasteiger partial charge in [0.05, 0.1) is 13.0 Å². The minimum absolute atomic E-state index is 0.126. The van der Waals surface area contributed by atoms with Crippen LogP contribution in [-0.4, -0.2) is 38.3 Å². The predicted octanol–water partition coefficient (Wildman–Crippen LogP) is 0.493.